The molecule has 72 valence electrons. The average molecular weight is 183 g/mol. The molecule has 0 atom stereocenters. The van der Waals surface area contributed by atoms with Crippen LogP contribution in [0.1, 0.15) is 19.8 Å². The van der Waals surface area contributed by atoms with Crippen molar-refractivity contribution in [1.82, 2.24) is 4.90 Å². The highest BCUT2D eigenvalue weighted by atomic mass is 16.4. The molecule has 1 aliphatic heterocycles. The first kappa shape index (κ1) is 9.77. The Hall–Kier alpha value is -1.32. The number of amides is 1. The van der Waals surface area contributed by atoms with Gasteiger partial charge in [0, 0.05) is 25.6 Å². The molecule has 0 aliphatic carbocycles. The van der Waals surface area contributed by atoms with E-state index in [0.29, 0.717) is 25.9 Å². The highest BCUT2D eigenvalue weighted by molar-refractivity contribution is 5.83. The molecule has 13 heavy (non-hydrogen) atoms. The quantitative estimate of drug-likeness (QED) is 0.639. The molecule has 1 rings (SSSR count). The molecule has 0 unspecified atom stereocenters. The average Bonchev–Trinajstić information content (AvgIpc) is 2.07. The van der Waals surface area contributed by atoms with Crippen LogP contribution in [-0.4, -0.2) is 35.0 Å². The number of nitrogens with zero attached hydrogens (tertiary/aromatic N) is 1. The third kappa shape index (κ3) is 2.57. The van der Waals surface area contributed by atoms with Gasteiger partial charge in [-0.1, -0.05) is 0 Å². The summed E-state index contributed by atoms with van der Waals surface area (Å²) in [7, 11) is 0. The normalized spacial score (nSPS) is 20.8. The molecule has 1 heterocycles. The Labute approximate surface area is 76.8 Å². The molecule has 4 heteroatoms. The maximum absolute atomic E-state index is 11.2. The highest BCUT2D eigenvalue weighted by Crippen LogP contribution is 2.15. The second kappa shape index (κ2) is 4.07. The number of carbonyl (C=O) groups excluding carboxylic acids is 1. The standard InChI is InChI=1S/C9H13NO3/c1-2-10-6-7(5-9(12)13)3-4-8(10)11/h5H,2-4,6H2,1H3,(H,12,13)/b7-5-. The summed E-state index contributed by atoms with van der Waals surface area (Å²) in [6.07, 6.45) is 2.23. The predicted octanol–water partition coefficient (Wildman–Crippen LogP) is 0.640. The van der Waals surface area contributed by atoms with E-state index in [1.165, 1.54) is 6.08 Å². The molecule has 0 spiro atoms. The number of carboxylic acids is 1. The minimum absolute atomic E-state index is 0.116. The minimum atomic E-state index is -0.930. The lowest BCUT2D eigenvalue weighted by molar-refractivity contribution is -0.133. The summed E-state index contributed by atoms with van der Waals surface area (Å²) in [5.41, 5.74) is 0.828. The van der Waals surface area contributed by atoms with E-state index in [4.69, 9.17) is 5.11 Å². The van der Waals surface area contributed by atoms with E-state index in [0.717, 1.165) is 5.57 Å². The van der Waals surface area contributed by atoms with Gasteiger partial charge in [0.25, 0.3) is 0 Å². The summed E-state index contributed by atoms with van der Waals surface area (Å²) in [6, 6.07) is 0. The van der Waals surface area contributed by atoms with E-state index in [2.05, 4.69) is 0 Å². The number of carboxylic acid groups (broad SMARTS) is 1. The first-order valence-electron chi connectivity index (χ1n) is 4.33. The first-order valence-corrected chi connectivity index (χ1v) is 4.33. The van der Waals surface area contributed by atoms with Gasteiger partial charge in [0.1, 0.15) is 0 Å². The van der Waals surface area contributed by atoms with Crippen LogP contribution in [0.5, 0.6) is 0 Å². The van der Waals surface area contributed by atoms with Crippen LogP contribution in [0, 0.1) is 0 Å². The second-order valence-corrected chi connectivity index (χ2v) is 3.05. The molecule has 1 saturated heterocycles. The lowest BCUT2D eigenvalue weighted by Gasteiger charge is -2.27. The Morgan fingerprint density at radius 2 is 2.31 bits per heavy atom. The first-order chi connectivity index (χ1) is 6.13. The summed E-state index contributed by atoms with van der Waals surface area (Å²) >= 11 is 0. The third-order valence-electron chi connectivity index (χ3n) is 2.12. The van der Waals surface area contributed by atoms with Crippen LogP contribution >= 0.6 is 0 Å². The van der Waals surface area contributed by atoms with Gasteiger partial charge in [-0.15, -0.1) is 0 Å². The van der Waals surface area contributed by atoms with Crippen molar-refractivity contribution in [2.45, 2.75) is 19.8 Å². The Morgan fingerprint density at radius 3 is 2.85 bits per heavy atom. The van der Waals surface area contributed by atoms with Gasteiger partial charge >= 0.3 is 5.97 Å². The molecule has 0 radical (unpaired) electrons. The molecule has 4 nitrogen and oxygen atoms in total. The van der Waals surface area contributed by atoms with Crippen molar-refractivity contribution in [1.29, 1.82) is 0 Å². The van der Waals surface area contributed by atoms with E-state index in [-0.39, 0.29) is 5.91 Å². The SMILES string of the molecule is CCN1C/C(=C\C(=O)O)CCC1=O. The largest absolute Gasteiger partial charge is 0.478 e. The van der Waals surface area contributed by atoms with E-state index < -0.39 is 5.97 Å². The van der Waals surface area contributed by atoms with Crippen LogP contribution < -0.4 is 0 Å². The molecule has 1 fully saturated rings. The minimum Gasteiger partial charge on any atom is -0.478 e. The fourth-order valence-electron chi connectivity index (χ4n) is 1.42. The van der Waals surface area contributed by atoms with Gasteiger partial charge in [0.2, 0.25) is 5.91 Å². The zero-order chi connectivity index (χ0) is 9.84. The Balaban J connectivity index is 2.64. The zero-order valence-electron chi connectivity index (χ0n) is 7.62. The van der Waals surface area contributed by atoms with E-state index in [9.17, 15) is 9.59 Å². The zero-order valence-corrected chi connectivity index (χ0v) is 7.62. The van der Waals surface area contributed by atoms with Crippen molar-refractivity contribution in [2.75, 3.05) is 13.1 Å². The van der Waals surface area contributed by atoms with Gasteiger partial charge in [-0.25, -0.2) is 4.79 Å². The number of likely N-dealkylation sites (tertiary alicyclic amines) is 1. The van der Waals surface area contributed by atoms with Crippen molar-refractivity contribution >= 4 is 11.9 Å². The molecule has 0 aromatic carbocycles. The monoisotopic (exact) mass is 183 g/mol. The van der Waals surface area contributed by atoms with Gasteiger partial charge in [0.05, 0.1) is 0 Å². The highest BCUT2D eigenvalue weighted by Gasteiger charge is 2.19. The van der Waals surface area contributed by atoms with E-state index in [1.807, 2.05) is 6.92 Å². The van der Waals surface area contributed by atoms with E-state index in [1.54, 1.807) is 4.90 Å². The van der Waals surface area contributed by atoms with Crippen molar-refractivity contribution in [3.05, 3.63) is 11.6 Å². The molecule has 0 aromatic rings. The lowest BCUT2D eigenvalue weighted by Crippen LogP contribution is -2.36. The van der Waals surface area contributed by atoms with Gasteiger partial charge < -0.3 is 10.0 Å². The lowest BCUT2D eigenvalue weighted by atomic mass is 10.0. The Morgan fingerprint density at radius 1 is 1.62 bits per heavy atom. The topological polar surface area (TPSA) is 57.6 Å². The maximum Gasteiger partial charge on any atom is 0.328 e. The number of hydrogen-bond acceptors (Lipinski definition) is 2. The smallest absolute Gasteiger partial charge is 0.328 e. The molecule has 1 N–H and O–H groups in total. The van der Waals surface area contributed by atoms with Gasteiger partial charge in [0.15, 0.2) is 0 Å². The van der Waals surface area contributed by atoms with Gasteiger partial charge in [-0.05, 0) is 18.9 Å². The van der Waals surface area contributed by atoms with Crippen LogP contribution in [0.4, 0.5) is 0 Å². The van der Waals surface area contributed by atoms with Crippen molar-refractivity contribution < 1.29 is 14.7 Å². The molecule has 0 bridgehead atoms. The summed E-state index contributed by atoms with van der Waals surface area (Å²) in [5.74, 6) is -0.814. The third-order valence-corrected chi connectivity index (χ3v) is 2.12. The van der Waals surface area contributed by atoms with Crippen LogP contribution in [-0.2, 0) is 9.59 Å². The Bertz CT molecular complexity index is 258. The number of piperidine rings is 1. The number of rotatable bonds is 2. The van der Waals surface area contributed by atoms with E-state index >= 15 is 0 Å². The fourth-order valence-corrected chi connectivity index (χ4v) is 1.42. The van der Waals surface area contributed by atoms with Gasteiger partial charge in [-0.2, -0.15) is 0 Å². The number of aliphatic carboxylic acids is 1. The Kier molecular flexibility index (Phi) is 3.06. The van der Waals surface area contributed by atoms with Crippen LogP contribution in [0.25, 0.3) is 0 Å². The van der Waals surface area contributed by atoms with Crippen molar-refractivity contribution in [3.8, 4) is 0 Å². The molecule has 1 amide bonds. The second-order valence-electron chi connectivity index (χ2n) is 3.05. The predicted molar refractivity (Wildman–Crippen MR) is 47.2 cm³/mol. The van der Waals surface area contributed by atoms with Crippen LogP contribution in [0.2, 0.25) is 0 Å². The van der Waals surface area contributed by atoms with Crippen LogP contribution in [0.15, 0.2) is 11.6 Å². The summed E-state index contributed by atoms with van der Waals surface area (Å²) in [6.45, 7) is 3.01. The summed E-state index contributed by atoms with van der Waals surface area (Å²) < 4.78 is 0. The van der Waals surface area contributed by atoms with Crippen LogP contribution in [0.3, 0.4) is 0 Å². The summed E-state index contributed by atoms with van der Waals surface area (Å²) in [5, 5.41) is 8.51. The number of hydrogen-bond donors (Lipinski definition) is 1. The van der Waals surface area contributed by atoms with Crippen molar-refractivity contribution in [2.24, 2.45) is 0 Å². The van der Waals surface area contributed by atoms with Gasteiger partial charge in [-0.3, -0.25) is 4.79 Å². The number of likely N-dealkylation sites (N-methyl/N-ethyl adjacent to an activating group) is 1. The molecule has 0 saturated carbocycles. The molecule has 1 aliphatic rings. The summed E-state index contributed by atoms with van der Waals surface area (Å²) in [4.78, 5) is 23.2. The fraction of sp³-hybridized carbons (Fsp3) is 0.556. The number of carbonyl (C=O) groups is 2. The maximum atomic E-state index is 11.2. The molecule has 0 aromatic heterocycles. The molecular weight excluding hydrogens is 170 g/mol. The van der Waals surface area contributed by atoms with Crippen molar-refractivity contribution in [3.63, 3.8) is 0 Å². The molecular formula is C9H13NO3.